The first-order valence-electron chi connectivity index (χ1n) is 6.51. The molecule has 0 fully saturated rings. The van der Waals surface area contributed by atoms with Gasteiger partial charge < -0.3 is 10.2 Å². The summed E-state index contributed by atoms with van der Waals surface area (Å²) in [7, 11) is 0. The number of halogens is 1. The fourth-order valence-corrected chi connectivity index (χ4v) is 1.62. The highest BCUT2D eigenvalue weighted by atomic mass is 35.5. The molecular formula is C13H25ClN2O2. The second-order valence-electron chi connectivity index (χ2n) is 5.09. The van der Waals surface area contributed by atoms with Gasteiger partial charge in [-0.15, -0.1) is 11.6 Å². The minimum absolute atomic E-state index is 0.0639. The van der Waals surface area contributed by atoms with Gasteiger partial charge in [-0.3, -0.25) is 9.59 Å². The van der Waals surface area contributed by atoms with Gasteiger partial charge in [0.15, 0.2) is 0 Å². The van der Waals surface area contributed by atoms with Crippen LogP contribution >= 0.6 is 11.6 Å². The van der Waals surface area contributed by atoms with E-state index in [1.165, 1.54) is 0 Å². The predicted octanol–water partition coefficient (Wildman–Crippen LogP) is 2.02. The van der Waals surface area contributed by atoms with Crippen LogP contribution in [0.2, 0.25) is 0 Å². The number of alkyl halides is 1. The third-order valence-electron chi connectivity index (χ3n) is 2.60. The van der Waals surface area contributed by atoms with Crippen LogP contribution < -0.4 is 5.32 Å². The molecule has 5 heteroatoms. The fourth-order valence-electron chi connectivity index (χ4n) is 1.50. The van der Waals surface area contributed by atoms with Gasteiger partial charge in [0.2, 0.25) is 11.8 Å². The second-order valence-corrected chi connectivity index (χ2v) is 5.36. The molecule has 0 aliphatic rings. The van der Waals surface area contributed by atoms with E-state index in [1.807, 2.05) is 13.8 Å². The lowest BCUT2D eigenvalue weighted by atomic mass is 9.94. The Hall–Kier alpha value is -0.770. The topological polar surface area (TPSA) is 49.4 Å². The molecule has 0 aromatic heterocycles. The summed E-state index contributed by atoms with van der Waals surface area (Å²) in [5.41, 5.74) is -0.623. The molecule has 0 aromatic rings. The first-order valence-corrected chi connectivity index (χ1v) is 7.04. The molecule has 0 saturated carbocycles. The first kappa shape index (κ1) is 17.2. The Morgan fingerprint density at radius 2 is 1.83 bits per heavy atom. The molecule has 1 N–H and O–H groups in total. The normalized spacial score (nSPS) is 11.2. The number of hydrogen-bond acceptors (Lipinski definition) is 2. The molecule has 4 nitrogen and oxygen atoms in total. The molecule has 0 radical (unpaired) electrons. The Morgan fingerprint density at radius 3 is 2.28 bits per heavy atom. The molecule has 0 spiro atoms. The molecule has 106 valence electrons. The van der Waals surface area contributed by atoms with Crippen LogP contribution in [0.25, 0.3) is 0 Å². The van der Waals surface area contributed by atoms with Gasteiger partial charge in [-0.2, -0.15) is 0 Å². The van der Waals surface area contributed by atoms with E-state index in [9.17, 15) is 9.59 Å². The quantitative estimate of drug-likeness (QED) is 0.690. The molecule has 0 heterocycles. The summed E-state index contributed by atoms with van der Waals surface area (Å²) in [5, 5.41) is 2.78. The van der Waals surface area contributed by atoms with Gasteiger partial charge in [-0.05, 0) is 26.7 Å². The molecule has 2 amide bonds. The van der Waals surface area contributed by atoms with Gasteiger partial charge in [0.1, 0.15) is 0 Å². The van der Waals surface area contributed by atoms with E-state index in [0.29, 0.717) is 13.1 Å². The van der Waals surface area contributed by atoms with Crippen LogP contribution in [0.3, 0.4) is 0 Å². The number of hydrogen-bond donors (Lipinski definition) is 1. The summed E-state index contributed by atoms with van der Waals surface area (Å²) < 4.78 is 0. The lowest BCUT2D eigenvalue weighted by Crippen LogP contribution is -2.47. The highest BCUT2D eigenvalue weighted by molar-refractivity contribution is 6.19. The number of carbonyl (C=O) groups excluding carboxylic acids is 2. The molecule has 0 saturated heterocycles. The van der Waals surface area contributed by atoms with Gasteiger partial charge in [0, 0.05) is 19.0 Å². The summed E-state index contributed by atoms with van der Waals surface area (Å²) in [6.45, 7) is 8.92. The van der Waals surface area contributed by atoms with Crippen LogP contribution in [0.1, 0.15) is 40.5 Å². The van der Waals surface area contributed by atoms with Gasteiger partial charge >= 0.3 is 0 Å². The van der Waals surface area contributed by atoms with Gasteiger partial charge in [0.25, 0.3) is 0 Å². The van der Waals surface area contributed by atoms with E-state index in [1.54, 1.807) is 18.7 Å². The third kappa shape index (κ3) is 5.71. The van der Waals surface area contributed by atoms with Crippen LogP contribution in [-0.4, -0.2) is 42.2 Å². The Morgan fingerprint density at radius 1 is 1.22 bits per heavy atom. The van der Waals surface area contributed by atoms with Crippen LogP contribution in [0.4, 0.5) is 0 Å². The summed E-state index contributed by atoms with van der Waals surface area (Å²) in [4.78, 5) is 25.5. The zero-order valence-corrected chi connectivity index (χ0v) is 12.6. The number of carbonyl (C=O) groups is 2. The summed E-state index contributed by atoms with van der Waals surface area (Å²) in [6.07, 6.45) is 1.71. The van der Waals surface area contributed by atoms with E-state index in [2.05, 4.69) is 5.32 Å². The Bertz CT molecular complexity index is 280. The van der Waals surface area contributed by atoms with Crippen LogP contribution in [0, 0.1) is 5.41 Å². The SMILES string of the molecule is CCCNC(=O)CN(CCC)C(=O)C(C)(C)CCl. The van der Waals surface area contributed by atoms with Crippen LogP contribution in [-0.2, 0) is 9.59 Å². The summed E-state index contributed by atoms with van der Waals surface area (Å²) in [6, 6.07) is 0. The smallest absolute Gasteiger partial charge is 0.239 e. The number of rotatable bonds is 8. The fraction of sp³-hybridized carbons (Fsp3) is 0.846. The van der Waals surface area contributed by atoms with Gasteiger partial charge in [-0.1, -0.05) is 13.8 Å². The molecule has 0 atom stereocenters. The van der Waals surface area contributed by atoms with Crippen molar-refractivity contribution in [1.29, 1.82) is 0 Å². The van der Waals surface area contributed by atoms with E-state index in [0.717, 1.165) is 12.8 Å². The zero-order chi connectivity index (χ0) is 14.2. The van der Waals surface area contributed by atoms with Crippen molar-refractivity contribution in [3.8, 4) is 0 Å². The third-order valence-corrected chi connectivity index (χ3v) is 3.27. The number of nitrogens with one attached hydrogen (secondary N) is 1. The molecule has 18 heavy (non-hydrogen) atoms. The van der Waals surface area contributed by atoms with Crippen LogP contribution in [0.5, 0.6) is 0 Å². The molecule has 0 aliphatic heterocycles. The van der Waals surface area contributed by atoms with Gasteiger partial charge in [-0.25, -0.2) is 0 Å². The maximum atomic E-state index is 12.3. The second kappa shape index (κ2) is 8.35. The van der Waals surface area contributed by atoms with E-state index < -0.39 is 5.41 Å². The van der Waals surface area contributed by atoms with Crippen molar-refractivity contribution in [3.63, 3.8) is 0 Å². The lowest BCUT2D eigenvalue weighted by molar-refractivity contribution is -0.142. The van der Waals surface area contributed by atoms with E-state index in [4.69, 9.17) is 11.6 Å². The molecule has 0 aliphatic carbocycles. The standard InChI is InChI=1S/C13H25ClN2O2/c1-5-7-15-11(17)9-16(8-6-2)12(18)13(3,4)10-14/h5-10H2,1-4H3,(H,15,17). The Kier molecular flexibility index (Phi) is 8.00. The Balaban J connectivity index is 4.56. The highest BCUT2D eigenvalue weighted by Gasteiger charge is 2.31. The average Bonchev–Trinajstić information content (AvgIpc) is 2.34. The first-order chi connectivity index (χ1) is 8.38. The largest absolute Gasteiger partial charge is 0.355 e. The summed E-state index contributed by atoms with van der Waals surface area (Å²) >= 11 is 5.80. The average molecular weight is 277 g/mol. The predicted molar refractivity (Wildman–Crippen MR) is 74.7 cm³/mol. The molecule has 0 bridgehead atoms. The van der Waals surface area contributed by atoms with Crippen LogP contribution in [0.15, 0.2) is 0 Å². The minimum Gasteiger partial charge on any atom is -0.355 e. The maximum Gasteiger partial charge on any atom is 0.239 e. The molecule has 0 rings (SSSR count). The lowest BCUT2D eigenvalue weighted by Gasteiger charge is -2.30. The van der Waals surface area contributed by atoms with Crippen molar-refractivity contribution in [2.24, 2.45) is 5.41 Å². The van der Waals surface area contributed by atoms with Crippen molar-refractivity contribution in [1.82, 2.24) is 10.2 Å². The van der Waals surface area contributed by atoms with E-state index >= 15 is 0 Å². The van der Waals surface area contributed by atoms with Crippen molar-refractivity contribution < 1.29 is 9.59 Å². The number of amides is 2. The zero-order valence-electron chi connectivity index (χ0n) is 11.9. The van der Waals surface area contributed by atoms with Crippen molar-refractivity contribution in [2.75, 3.05) is 25.5 Å². The number of nitrogens with zero attached hydrogens (tertiary/aromatic N) is 1. The molecule has 0 aromatic carbocycles. The maximum absolute atomic E-state index is 12.3. The Labute approximate surface area is 115 Å². The monoisotopic (exact) mass is 276 g/mol. The van der Waals surface area contributed by atoms with Crippen molar-refractivity contribution in [3.05, 3.63) is 0 Å². The van der Waals surface area contributed by atoms with Crippen molar-refractivity contribution in [2.45, 2.75) is 40.5 Å². The van der Waals surface area contributed by atoms with E-state index in [-0.39, 0.29) is 24.2 Å². The summed E-state index contributed by atoms with van der Waals surface area (Å²) in [5.74, 6) is 0.0813. The minimum atomic E-state index is -0.623. The van der Waals surface area contributed by atoms with Crippen molar-refractivity contribution >= 4 is 23.4 Å². The highest BCUT2D eigenvalue weighted by Crippen LogP contribution is 2.20. The molecular weight excluding hydrogens is 252 g/mol. The molecule has 0 unspecified atom stereocenters. The van der Waals surface area contributed by atoms with Gasteiger partial charge in [0.05, 0.1) is 12.0 Å².